The monoisotopic (exact) mass is 487 g/mol. The Morgan fingerprint density at radius 3 is 2.42 bits per heavy atom. The Morgan fingerprint density at radius 1 is 1.15 bits per heavy atom. The molecule has 10 nitrogen and oxygen atoms in total. The molecule has 0 unspecified atom stereocenters. The predicted octanol–water partition coefficient (Wildman–Crippen LogP) is 2.13. The van der Waals surface area contributed by atoms with Crippen molar-refractivity contribution in [3.63, 3.8) is 0 Å². The van der Waals surface area contributed by atoms with Crippen molar-refractivity contribution in [2.75, 3.05) is 6.61 Å². The maximum Gasteiger partial charge on any atom is 0.534 e. The third-order valence-electron chi connectivity index (χ3n) is 4.22. The zero-order valence-electron chi connectivity index (χ0n) is 17.1. The molecular weight excluding hydrogens is 471 g/mol. The molecule has 0 aliphatic carbocycles. The van der Waals surface area contributed by atoms with Gasteiger partial charge < -0.3 is 13.8 Å². The minimum Gasteiger partial charge on any atom is -0.462 e. The van der Waals surface area contributed by atoms with Gasteiger partial charge in [-0.2, -0.15) is 21.6 Å². The van der Waals surface area contributed by atoms with E-state index >= 15 is 0 Å². The van der Waals surface area contributed by atoms with E-state index < -0.39 is 49.5 Å². The lowest BCUT2D eigenvalue weighted by atomic mass is 10.1. The summed E-state index contributed by atoms with van der Waals surface area (Å²) in [5, 5.41) is -0.457. The number of carbonyl (C=O) groups excluding carboxylic acids is 1. The van der Waals surface area contributed by atoms with Gasteiger partial charge in [0.05, 0.1) is 17.7 Å². The van der Waals surface area contributed by atoms with E-state index in [9.17, 15) is 31.2 Å². The van der Waals surface area contributed by atoms with Gasteiger partial charge in [0.1, 0.15) is 12.9 Å². The quantitative estimate of drug-likeness (QED) is 0.280. The Hall–Kier alpha value is -3.68. The number of ether oxygens (including phenoxy) is 1. The van der Waals surface area contributed by atoms with Crippen LogP contribution in [0.15, 0.2) is 41.5 Å². The number of alkyl halides is 3. The Labute approximate surface area is 184 Å². The molecule has 33 heavy (non-hydrogen) atoms. The molecule has 3 rings (SSSR count). The average Bonchev–Trinajstić information content (AvgIpc) is 2.73. The molecule has 2 aromatic heterocycles. The highest BCUT2D eigenvalue weighted by Crippen LogP contribution is 2.34. The Kier molecular flexibility index (Phi) is 6.58. The molecule has 0 atom stereocenters. The van der Waals surface area contributed by atoms with Gasteiger partial charge in [-0.05, 0) is 19.4 Å². The molecule has 0 N–H and O–H groups in total. The molecule has 2 heterocycles. The second kappa shape index (κ2) is 9.05. The summed E-state index contributed by atoms with van der Waals surface area (Å²) in [5.74, 6) is -2.62. The van der Waals surface area contributed by atoms with Crippen molar-refractivity contribution < 1.29 is 40.1 Å². The number of rotatable bonds is 7. The Bertz CT molecular complexity index is 1360. The first-order valence-corrected chi connectivity index (χ1v) is 10.6. The molecule has 0 spiro atoms. The van der Waals surface area contributed by atoms with Crippen molar-refractivity contribution in [2.45, 2.75) is 26.0 Å². The van der Waals surface area contributed by atoms with Crippen LogP contribution in [-0.4, -0.2) is 41.2 Å². The lowest BCUT2D eigenvalue weighted by Gasteiger charge is -2.18. The Morgan fingerprint density at radius 2 is 1.82 bits per heavy atom. The van der Waals surface area contributed by atoms with Gasteiger partial charge in [0.25, 0.3) is 0 Å². The summed E-state index contributed by atoms with van der Waals surface area (Å²) in [6.07, 6.45) is 0.978. The molecule has 0 aliphatic heterocycles. The van der Waals surface area contributed by atoms with Crippen molar-refractivity contribution in [2.24, 2.45) is 0 Å². The lowest BCUT2D eigenvalue weighted by Crippen LogP contribution is -2.35. The van der Waals surface area contributed by atoms with Gasteiger partial charge in [-0.15, -0.1) is 4.73 Å². The van der Waals surface area contributed by atoms with E-state index in [-0.39, 0.29) is 18.9 Å². The highest BCUT2D eigenvalue weighted by atomic mass is 32.2. The van der Waals surface area contributed by atoms with Crippen LogP contribution in [0, 0.1) is 6.92 Å². The molecule has 0 saturated heterocycles. The van der Waals surface area contributed by atoms with Crippen LogP contribution in [0.25, 0.3) is 11.0 Å². The Balaban J connectivity index is 2.32. The van der Waals surface area contributed by atoms with Crippen molar-refractivity contribution >= 4 is 27.1 Å². The molecule has 0 radical (unpaired) electrons. The van der Waals surface area contributed by atoms with Gasteiger partial charge in [0.2, 0.25) is 0 Å². The first-order valence-electron chi connectivity index (χ1n) is 9.23. The average molecular weight is 487 g/mol. The first kappa shape index (κ1) is 24.0. The van der Waals surface area contributed by atoms with Crippen LogP contribution in [-0.2, 0) is 21.5 Å². The van der Waals surface area contributed by atoms with Crippen molar-refractivity contribution in [3.8, 4) is 5.75 Å². The highest BCUT2D eigenvalue weighted by Gasteiger charge is 2.49. The topological polar surface area (TPSA) is 127 Å². The molecule has 0 fully saturated rings. The molecule has 1 aromatic carbocycles. The van der Waals surface area contributed by atoms with Gasteiger partial charge in [-0.25, -0.2) is 14.8 Å². The third-order valence-corrected chi connectivity index (χ3v) is 5.17. The van der Waals surface area contributed by atoms with E-state index in [0.29, 0.717) is 10.3 Å². The van der Waals surface area contributed by atoms with Gasteiger partial charge in [-0.1, -0.05) is 30.3 Å². The standard InChI is InChI=1S/C19H16F3N3O7S/c1-3-30-18(27)14-15(32-33(28,29)19(20,21)22)13-11(2)23-10-24-16(13)25(17(14)26)31-9-12-7-5-4-6-8-12/h4-8,10H,3,9H2,1-2H3. The molecule has 0 aliphatic rings. The van der Waals surface area contributed by atoms with Crippen molar-refractivity contribution in [1.29, 1.82) is 0 Å². The smallest absolute Gasteiger partial charge is 0.462 e. The molecule has 3 aromatic rings. The number of carbonyl (C=O) groups is 1. The number of aryl methyl sites for hydroxylation is 1. The zero-order valence-corrected chi connectivity index (χ0v) is 17.9. The number of pyridine rings is 1. The largest absolute Gasteiger partial charge is 0.534 e. The van der Waals surface area contributed by atoms with E-state index in [0.717, 1.165) is 6.33 Å². The van der Waals surface area contributed by atoms with E-state index in [4.69, 9.17) is 9.57 Å². The maximum atomic E-state index is 13.1. The normalized spacial score (nSPS) is 11.9. The van der Waals surface area contributed by atoms with E-state index in [1.807, 2.05) is 0 Å². The maximum absolute atomic E-state index is 13.1. The van der Waals surface area contributed by atoms with Crippen LogP contribution >= 0.6 is 0 Å². The molecule has 14 heteroatoms. The van der Waals surface area contributed by atoms with Gasteiger partial charge in [0.15, 0.2) is 17.0 Å². The summed E-state index contributed by atoms with van der Waals surface area (Å²) in [6.45, 7) is 2.21. The second-order valence-corrected chi connectivity index (χ2v) is 7.96. The first-order chi connectivity index (χ1) is 15.5. The van der Waals surface area contributed by atoms with Crippen LogP contribution in [0.1, 0.15) is 28.5 Å². The molecule has 0 bridgehead atoms. The summed E-state index contributed by atoms with van der Waals surface area (Å²) in [4.78, 5) is 38.8. The SMILES string of the molecule is CCOC(=O)c1c(OS(=O)(=O)C(F)(F)F)c2c(C)ncnc2n(OCc2ccccc2)c1=O. The summed E-state index contributed by atoms with van der Waals surface area (Å²) in [7, 11) is -6.27. The summed E-state index contributed by atoms with van der Waals surface area (Å²) >= 11 is 0. The summed E-state index contributed by atoms with van der Waals surface area (Å²) < 4.78 is 72.1. The van der Waals surface area contributed by atoms with E-state index in [1.54, 1.807) is 30.3 Å². The molecule has 176 valence electrons. The predicted molar refractivity (Wildman–Crippen MR) is 107 cm³/mol. The number of halogens is 3. The van der Waals surface area contributed by atoms with Crippen LogP contribution in [0.2, 0.25) is 0 Å². The van der Waals surface area contributed by atoms with Crippen LogP contribution in [0.5, 0.6) is 5.75 Å². The third kappa shape index (κ3) is 4.74. The van der Waals surface area contributed by atoms with E-state index in [1.165, 1.54) is 13.8 Å². The van der Waals surface area contributed by atoms with Crippen molar-refractivity contribution in [1.82, 2.24) is 14.7 Å². The second-order valence-electron chi connectivity index (χ2n) is 6.42. The minimum atomic E-state index is -6.27. The number of benzene rings is 1. The number of fused-ring (bicyclic) bond motifs is 1. The fourth-order valence-electron chi connectivity index (χ4n) is 2.76. The summed E-state index contributed by atoms with van der Waals surface area (Å²) in [6, 6.07) is 8.50. The lowest BCUT2D eigenvalue weighted by molar-refractivity contribution is -0.0500. The molecular formula is C19H16F3N3O7S. The number of hydrogen-bond donors (Lipinski definition) is 0. The molecule has 0 saturated carbocycles. The fraction of sp³-hybridized carbons (Fsp3) is 0.263. The van der Waals surface area contributed by atoms with Gasteiger partial charge in [-0.3, -0.25) is 4.79 Å². The van der Waals surface area contributed by atoms with E-state index in [2.05, 4.69) is 14.2 Å². The highest BCUT2D eigenvalue weighted by molar-refractivity contribution is 7.88. The van der Waals surface area contributed by atoms with Crippen LogP contribution < -0.4 is 14.6 Å². The number of esters is 1. The van der Waals surface area contributed by atoms with Crippen LogP contribution in [0.4, 0.5) is 13.2 Å². The minimum absolute atomic E-state index is 0.0880. The molecule has 0 amide bonds. The fourth-order valence-corrected chi connectivity index (χ4v) is 3.24. The number of hydrogen-bond acceptors (Lipinski definition) is 9. The van der Waals surface area contributed by atoms with Gasteiger partial charge >= 0.3 is 27.2 Å². The van der Waals surface area contributed by atoms with Crippen molar-refractivity contribution in [3.05, 3.63) is 63.8 Å². The number of aromatic nitrogens is 3. The number of nitrogens with zero attached hydrogens (tertiary/aromatic N) is 3. The zero-order chi connectivity index (χ0) is 24.4. The summed E-state index contributed by atoms with van der Waals surface area (Å²) in [5.41, 5.74) is -8.18. The van der Waals surface area contributed by atoms with Gasteiger partial charge in [0, 0.05) is 0 Å². The van der Waals surface area contributed by atoms with Crippen LogP contribution in [0.3, 0.4) is 0 Å².